The number of fused-ring (bicyclic) bond motifs is 16. The lowest BCUT2D eigenvalue weighted by Gasteiger charge is -2.20. The van der Waals surface area contributed by atoms with Crippen LogP contribution in [0.1, 0.15) is 75.4 Å². The van der Waals surface area contributed by atoms with E-state index in [4.69, 9.17) is 9.97 Å². The number of H-pyrrole nitrogens is 2. The molecule has 0 spiro atoms. The first kappa shape index (κ1) is 35.1. The van der Waals surface area contributed by atoms with Crippen molar-refractivity contribution in [1.82, 2.24) is 19.9 Å². The van der Waals surface area contributed by atoms with Gasteiger partial charge in [0.25, 0.3) is 0 Å². The molecule has 9 rings (SSSR count). The zero-order valence-corrected chi connectivity index (χ0v) is 32.5. The summed E-state index contributed by atoms with van der Waals surface area (Å²) in [6.45, 7) is 13.1. The van der Waals surface area contributed by atoms with Crippen LogP contribution >= 0.6 is 0 Å². The van der Waals surface area contributed by atoms with E-state index in [1.807, 2.05) is 72.8 Å². The Morgan fingerprint density at radius 2 is 0.750 bits per heavy atom. The van der Waals surface area contributed by atoms with E-state index in [1.165, 1.54) is 0 Å². The van der Waals surface area contributed by atoms with Crippen molar-refractivity contribution in [2.24, 2.45) is 0 Å². The molecule has 4 N–H and O–H groups in total. The Balaban J connectivity index is 1.51. The summed E-state index contributed by atoms with van der Waals surface area (Å²) in [5.41, 5.74) is 11.7. The zero-order valence-electron chi connectivity index (χ0n) is 32.5. The fourth-order valence-electron chi connectivity index (χ4n) is 7.73. The standard InChI is InChI=1S/C50H44N4O2/c1-49(2,3)31-25-33-37-17-21-41(51-37)45(29-13-9-7-10-14-29)43-23-19-39(53-43)35-27-32(50(4,5)6)28-36(48(35)56)40-20-24-44(54-40)46(30-15-11-8-12-16-30)42-22-18-38(52-42)34(26-31)47(33)55/h7-28,51,54-56H,1-6H3. The minimum Gasteiger partial charge on any atom is -0.507 e. The van der Waals surface area contributed by atoms with Gasteiger partial charge < -0.3 is 20.2 Å². The van der Waals surface area contributed by atoms with Crippen LogP contribution in [-0.4, -0.2) is 30.1 Å². The molecule has 0 fully saturated rings. The molecule has 2 aliphatic rings. The van der Waals surface area contributed by atoms with Crippen LogP contribution in [0.4, 0.5) is 0 Å². The average Bonchev–Trinajstić information content (AvgIpc) is 4.01. The summed E-state index contributed by atoms with van der Waals surface area (Å²) in [6, 6.07) is 36.9. The Morgan fingerprint density at radius 3 is 1.12 bits per heavy atom. The second kappa shape index (κ2) is 13.0. The van der Waals surface area contributed by atoms with Crippen LogP contribution in [0.25, 0.3) is 90.2 Å². The second-order valence-corrected chi connectivity index (χ2v) is 16.8. The summed E-state index contributed by atoms with van der Waals surface area (Å²) in [5.74, 6) is 0.319. The Labute approximate surface area is 326 Å². The third-order valence-electron chi connectivity index (χ3n) is 10.9. The molecule has 0 unspecified atom stereocenters. The smallest absolute Gasteiger partial charge is 0.134 e. The minimum absolute atomic E-state index is 0.160. The molecule has 12 bridgehead atoms. The van der Waals surface area contributed by atoms with Gasteiger partial charge in [-0.2, -0.15) is 0 Å². The summed E-state index contributed by atoms with van der Waals surface area (Å²) < 4.78 is 0. The predicted octanol–water partition coefficient (Wildman–Crippen LogP) is 12.9. The molecule has 0 aliphatic carbocycles. The number of phenolic OH excluding ortho intramolecular Hbond substituents is 2. The van der Waals surface area contributed by atoms with Crippen molar-refractivity contribution in [3.8, 4) is 33.8 Å². The maximum Gasteiger partial charge on any atom is 0.134 e. The molecule has 276 valence electrons. The van der Waals surface area contributed by atoms with Gasteiger partial charge in [0.05, 0.1) is 22.8 Å². The Bertz CT molecular complexity index is 2780. The van der Waals surface area contributed by atoms with E-state index in [0.717, 1.165) is 66.8 Å². The molecule has 2 aliphatic heterocycles. The molecule has 6 nitrogen and oxygen atoms in total. The van der Waals surface area contributed by atoms with Gasteiger partial charge in [-0.1, -0.05) is 102 Å². The lowest BCUT2D eigenvalue weighted by Crippen LogP contribution is -2.10. The summed E-state index contributed by atoms with van der Waals surface area (Å²) in [7, 11) is 0. The number of benzene rings is 4. The highest BCUT2D eigenvalue weighted by molar-refractivity contribution is 6.02. The van der Waals surface area contributed by atoms with Crippen molar-refractivity contribution >= 4 is 67.9 Å². The number of nitrogens with zero attached hydrogens (tertiary/aromatic N) is 2. The molecular weight excluding hydrogens is 689 g/mol. The lowest BCUT2D eigenvalue weighted by atomic mass is 9.85. The Kier molecular flexibility index (Phi) is 8.13. The van der Waals surface area contributed by atoms with Crippen LogP contribution < -0.4 is 0 Å². The molecule has 0 saturated carbocycles. The third kappa shape index (κ3) is 6.08. The summed E-state index contributed by atoms with van der Waals surface area (Å²) >= 11 is 0. The first-order valence-electron chi connectivity index (χ1n) is 19.1. The molecule has 0 saturated heterocycles. The van der Waals surface area contributed by atoms with Gasteiger partial charge >= 0.3 is 0 Å². The summed E-state index contributed by atoms with van der Waals surface area (Å²) in [6.07, 6.45) is 8.01. The highest BCUT2D eigenvalue weighted by atomic mass is 16.3. The highest BCUT2D eigenvalue weighted by Crippen LogP contribution is 2.41. The summed E-state index contributed by atoms with van der Waals surface area (Å²) in [5, 5.41) is 27.0. The molecule has 7 aromatic rings. The van der Waals surface area contributed by atoms with E-state index < -0.39 is 0 Å². The molecule has 0 amide bonds. The number of hydrogen-bond acceptors (Lipinski definition) is 4. The Hall–Kier alpha value is -6.66. The molecule has 6 heteroatoms. The van der Waals surface area contributed by atoms with Crippen LogP contribution in [0, 0.1) is 0 Å². The van der Waals surface area contributed by atoms with Gasteiger partial charge in [0.15, 0.2) is 0 Å². The third-order valence-corrected chi connectivity index (χ3v) is 10.9. The van der Waals surface area contributed by atoms with Crippen molar-refractivity contribution in [3.63, 3.8) is 0 Å². The fourth-order valence-corrected chi connectivity index (χ4v) is 7.73. The molecule has 0 atom stereocenters. The first-order valence-corrected chi connectivity index (χ1v) is 19.1. The van der Waals surface area contributed by atoms with E-state index in [-0.39, 0.29) is 22.3 Å². The predicted molar refractivity (Wildman–Crippen MR) is 234 cm³/mol. The molecule has 4 aromatic carbocycles. The fraction of sp³-hybridized carbons (Fsp3) is 0.160. The summed E-state index contributed by atoms with van der Waals surface area (Å²) in [4.78, 5) is 17.8. The van der Waals surface area contributed by atoms with E-state index in [0.29, 0.717) is 32.9 Å². The number of aromatic nitrogens is 4. The number of phenols is 2. The van der Waals surface area contributed by atoms with E-state index in [1.54, 1.807) is 0 Å². The molecule has 5 heterocycles. The monoisotopic (exact) mass is 732 g/mol. The van der Waals surface area contributed by atoms with E-state index in [2.05, 4.69) is 112 Å². The number of rotatable bonds is 2. The largest absolute Gasteiger partial charge is 0.507 e. The van der Waals surface area contributed by atoms with Crippen LogP contribution in [0.3, 0.4) is 0 Å². The van der Waals surface area contributed by atoms with Crippen molar-refractivity contribution in [1.29, 1.82) is 0 Å². The average molecular weight is 733 g/mol. The molecule has 0 radical (unpaired) electrons. The van der Waals surface area contributed by atoms with Crippen molar-refractivity contribution in [2.75, 3.05) is 0 Å². The van der Waals surface area contributed by atoms with Gasteiger partial charge in [0.1, 0.15) is 11.5 Å². The highest BCUT2D eigenvalue weighted by Gasteiger charge is 2.22. The van der Waals surface area contributed by atoms with Crippen LogP contribution in [0.2, 0.25) is 0 Å². The van der Waals surface area contributed by atoms with Gasteiger partial charge in [0, 0.05) is 54.7 Å². The minimum atomic E-state index is -0.205. The first-order chi connectivity index (χ1) is 26.8. The van der Waals surface area contributed by atoms with Gasteiger partial charge in [-0.15, -0.1) is 0 Å². The zero-order chi connectivity index (χ0) is 38.9. The van der Waals surface area contributed by atoms with Crippen LogP contribution in [0.15, 0.2) is 109 Å². The van der Waals surface area contributed by atoms with Gasteiger partial charge in [-0.05, 0) is 106 Å². The quantitative estimate of drug-likeness (QED) is 0.142. The van der Waals surface area contributed by atoms with Gasteiger partial charge in [-0.3, -0.25) is 0 Å². The van der Waals surface area contributed by atoms with Crippen molar-refractivity contribution in [2.45, 2.75) is 52.4 Å². The number of hydrogen-bond donors (Lipinski definition) is 4. The Morgan fingerprint density at radius 1 is 0.411 bits per heavy atom. The second-order valence-electron chi connectivity index (χ2n) is 16.8. The maximum atomic E-state index is 12.2. The normalized spacial score (nSPS) is 12.8. The van der Waals surface area contributed by atoms with E-state index in [9.17, 15) is 10.2 Å². The molecular formula is C50H44N4O2. The maximum absolute atomic E-state index is 12.2. The molecule has 3 aromatic heterocycles. The SMILES string of the molecule is CC(C)(C)c1cc2c3nc(c(-c4ccccc4)c4ccc([nH]4)c4cc(C(C)(C)C)cc(c5nc(c(-c6ccccc6)c6ccc([nH]6)c(c1)c2O)C=C5)c4O)C=C3. The number of nitrogens with one attached hydrogen (secondary N) is 2. The van der Waals surface area contributed by atoms with E-state index >= 15 is 0 Å². The lowest BCUT2D eigenvalue weighted by molar-refractivity contribution is 0.485. The number of aromatic amines is 2. The van der Waals surface area contributed by atoms with Crippen molar-refractivity contribution < 1.29 is 10.2 Å². The number of aromatic hydroxyl groups is 2. The van der Waals surface area contributed by atoms with Crippen molar-refractivity contribution in [3.05, 3.63) is 143 Å². The van der Waals surface area contributed by atoms with Crippen LogP contribution in [-0.2, 0) is 10.8 Å². The van der Waals surface area contributed by atoms with Gasteiger partial charge in [0.2, 0.25) is 0 Å². The molecule has 56 heavy (non-hydrogen) atoms. The van der Waals surface area contributed by atoms with Crippen LogP contribution in [0.5, 0.6) is 11.5 Å². The topological polar surface area (TPSA) is 97.8 Å². The van der Waals surface area contributed by atoms with Gasteiger partial charge in [-0.25, -0.2) is 9.97 Å².